The van der Waals surface area contributed by atoms with Crippen LogP contribution in [0.25, 0.3) is 11.5 Å². The summed E-state index contributed by atoms with van der Waals surface area (Å²) < 4.78 is 10.2. The zero-order chi connectivity index (χ0) is 12.9. The predicted molar refractivity (Wildman–Crippen MR) is 64.6 cm³/mol. The molecule has 7 heteroatoms. The first-order valence-electron chi connectivity index (χ1n) is 5.75. The van der Waals surface area contributed by atoms with Crippen LogP contribution < -0.4 is 5.32 Å². The lowest BCUT2D eigenvalue weighted by molar-refractivity contribution is 0.405. The van der Waals surface area contributed by atoms with E-state index in [0.717, 1.165) is 5.56 Å². The van der Waals surface area contributed by atoms with Crippen LogP contribution in [0.2, 0.25) is 0 Å². The molecule has 0 aliphatic carbocycles. The highest BCUT2D eigenvalue weighted by Gasteiger charge is 2.07. The fourth-order valence-electron chi connectivity index (χ4n) is 1.57. The van der Waals surface area contributed by atoms with Crippen LogP contribution in [0.15, 0.2) is 45.7 Å². The van der Waals surface area contributed by atoms with E-state index in [9.17, 15) is 0 Å². The normalized spacial score (nSPS) is 10.7. The summed E-state index contributed by atoms with van der Waals surface area (Å²) in [6, 6.07) is 9.63. The lowest BCUT2D eigenvalue weighted by Gasteiger charge is -1.96. The first kappa shape index (κ1) is 11.5. The Morgan fingerprint density at radius 1 is 1.05 bits per heavy atom. The highest BCUT2D eigenvalue weighted by Crippen LogP contribution is 2.16. The second-order valence-corrected chi connectivity index (χ2v) is 3.82. The molecule has 0 atom stereocenters. The monoisotopic (exact) mass is 257 g/mol. The lowest BCUT2D eigenvalue weighted by Crippen LogP contribution is -2.13. The molecule has 7 nitrogen and oxygen atoms in total. The van der Waals surface area contributed by atoms with Crippen molar-refractivity contribution in [1.82, 2.24) is 25.7 Å². The average molecular weight is 257 g/mol. The summed E-state index contributed by atoms with van der Waals surface area (Å²) in [7, 11) is 0. The van der Waals surface area contributed by atoms with Crippen LogP contribution in [0.1, 0.15) is 11.7 Å². The number of nitrogens with zero attached hydrogens (tertiary/aromatic N) is 4. The Hall–Kier alpha value is -2.54. The molecule has 1 N–H and O–H groups in total. The molecular formula is C12H11N5O2. The maximum Gasteiger partial charge on any atom is 0.247 e. The van der Waals surface area contributed by atoms with Gasteiger partial charge in [0.1, 0.15) is 0 Å². The fraction of sp³-hybridized carbons (Fsp3) is 0.167. The van der Waals surface area contributed by atoms with E-state index < -0.39 is 0 Å². The van der Waals surface area contributed by atoms with E-state index in [0.29, 0.717) is 30.7 Å². The minimum atomic E-state index is 0.453. The van der Waals surface area contributed by atoms with E-state index >= 15 is 0 Å². The molecule has 0 spiro atoms. The zero-order valence-electron chi connectivity index (χ0n) is 9.98. The van der Waals surface area contributed by atoms with Gasteiger partial charge in [-0.15, -0.1) is 10.2 Å². The van der Waals surface area contributed by atoms with E-state index in [1.165, 1.54) is 6.39 Å². The van der Waals surface area contributed by atoms with E-state index in [-0.39, 0.29) is 0 Å². The van der Waals surface area contributed by atoms with Crippen molar-refractivity contribution in [3.8, 4) is 11.5 Å². The van der Waals surface area contributed by atoms with Crippen LogP contribution in [0, 0.1) is 0 Å². The van der Waals surface area contributed by atoms with Gasteiger partial charge in [0, 0.05) is 5.56 Å². The molecule has 0 aliphatic rings. The maximum atomic E-state index is 5.54. The molecule has 3 rings (SSSR count). The topological polar surface area (TPSA) is 89.9 Å². The van der Waals surface area contributed by atoms with Gasteiger partial charge in [0.2, 0.25) is 18.2 Å². The third-order valence-corrected chi connectivity index (χ3v) is 2.45. The van der Waals surface area contributed by atoms with Gasteiger partial charge >= 0.3 is 0 Å². The van der Waals surface area contributed by atoms with E-state index in [2.05, 4.69) is 30.2 Å². The van der Waals surface area contributed by atoms with Crippen molar-refractivity contribution in [2.75, 3.05) is 0 Å². The van der Waals surface area contributed by atoms with Gasteiger partial charge in [0.15, 0.2) is 5.82 Å². The Kier molecular flexibility index (Phi) is 3.28. The molecule has 96 valence electrons. The molecule has 0 saturated carbocycles. The van der Waals surface area contributed by atoms with Gasteiger partial charge in [-0.2, -0.15) is 4.98 Å². The first-order valence-corrected chi connectivity index (χ1v) is 5.75. The van der Waals surface area contributed by atoms with Gasteiger partial charge in [0.25, 0.3) is 0 Å². The van der Waals surface area contributed by atoms with Crippen molar-refractivity contribution in [3.05, 3.63) is 48.4 Å². The summed E-state index contributed by atoms with van der Waals surface area (Å²) in [4.78, 5) is 3.89. The van der Waals surface area contributed by atoms with Gasteiger partial charge in [-0.25, -0.2) is 0 Å². The van der Waals surface area contributed by atoms with Crippen molar-refractivity contribution >= 4 is 0 Å². The lowest BCUT2D eigenvalue weighted by atomic mass is 10.2. The number of benzene rings is 1. The minimum absolute atomic E-state index is 0.453. The van der Waals surface area contributed by atoms with Crippen LogP contribution in [0.3, 0.4) is 0 Å². The average Bonchev–Trinajstić information content (AvgIpc) is 3.11. The molecule has 0 bridgehead atoms. The second-order valence-electron chi connectivity index (χ2n) is 3.82. The number of rotatable bonds is 5. The zero-order valence-corrected chi connectivity index (χ0v) is 9.98. The Labute approximate surface area is 108 Å². The van der Waals surface area contributed by atoms with Gasteiger partial charge in [-0.3, -0.25) is 0 Å². The molecule has 3 aromatic rings. The molecule has 1 aromatic carbocycles. The predicted octanol–water partition coefficient (Wildman–Crippen LogP) is 1.41. The molecule has 0 unspecified atom stereocenters. The highest BCUT2D eigenvalue weighted by atomic mass is 16.5. The number of nitrogens with one attached hydrogen (secondary N) is 1. The highest BCUT2D eigenvalue weighted by molar-refractivity contribution is 5.51. The van der Waals surface area contributed by atoms with Crippen molar-refractivity contribution in [2.45, 2.75) is 13.1 Å². The molecule has 0 amide bonds. The maximum absolute atomic E-state index is 5.54. The summed E-state index contributed by atoms with van der Waals surface area (Å²) in [6.45, 7) is 0.938. The summed E-state index contributed by atoms with van der Waals surface area (Å²) in [5, 5.41) is 14.7. The van der Waals surface area contributed by atoms with Crippen LogP contribution >= 0.6 is 0 Å². The van der Waals surface area contributed by atoms with Crippen molar-refractivity contribution in [2.24, 2.45) is 0 Å². The van der Waals surface area contributed by atoms with Crippen LogP contribution in [0.4, 0.5) is 0 Å². The van der Waals surface area contributed by atoms with E-state index in [4.69, 9.17) is 4.42 Å². The summed E-state index contributed by atoms with van der Waals surface area (Å²) >= 11 is 0. The molecule has 19 heavy (non-hydrogen) atoms. The van der Waals surface area contributed by atoms with Crippen LogP contribution in [-0.4, -0.2) is 20.3 Å². The largest absolute Gasteiger partial charge is 0.419 e. The van der Waals surface area contributed by atoms with Crippen LogP contribution in [-0.2, 0) is 13.1 Å². The van der Waals surface area contributed by atoms with Crippen molar-refractivity contribution in [3.63, 3.8) is 0 Å². The molecule has 0 saturated heterocycles. The van der Waals surface area contributed by atoms with Gasteiger partial charge in [0.05, 0.1) is 13.1 Å². The number of hydrogen-bond acceptors (Lipinski definition) is 7. The number of aromatic nitrogens is 4. The fourth-order valence-corrected chi connectivity index (χ4v) is 1.57. The third-order valence-electron chi connectivity index (χ3n) is 2.45. The number of hydrogen-bond donors (Lipinski definition) is 1. The molecule has 0 fully saturated rings. The Bertz CT molecular complexity index is 621. The molecule has 0 aliphatic heterocycles. The van der Waals surface area contributed by atoms with Gasteiger partial charge in [-0.05, 0) is 12.1 Å². The molecule has 0 radical (unpaired) electrons. The summed E-state index contributed by atoms with van der Waals surface area (Å²) in [5.41, 5.74) is 0.902. The van der Waals surface area contributed by atoms with Crippen molar-refractivity contribution < 1.29 is 8.94 Å². The third kappa shape index (κ3) is 2.83. The Morgan fingerprint density at radius 2 is 1.95 bits per heavy atom. The standard InChI is InChI=1S/C12H11N5O2/c1-2-4-9(5-3-1)12-16-15-11(19-12)7-13-6-10-14-8-18-17-10/h1-5,8,13H,6-7H2. The van der Waals surface area contributed by atoms with E-state index in [1.54, 1.807) is 0 Å². The van der Waals surface area contributed by atoms with Gasteiger partial charge in [-0.1, -0.05) is 23.4 Å². The molecule has 2 aromatic heterocycles. The first-order chi connectivity index (χ1) is 9.42. The van der Waals surface area contributed by atoms with Crippen molar-refractivity contribution in [1.29, 1.82) is 0 Å². The minimum Gasteiger partial charge on any atom is -0.419 e. The Morgan fingerprint density at radius 3 is 2.74 bits per heavy atom. The smallest absolute Gasteiger partial charge is 0.247 e. The van der Waals surface area contributed by atoms with Gasteiger partial charge < -0.3 is 14.3 Å². The molecular weight excluding hydrogens is 246 g/mol. The quantitative estimate of drug-likeness (QED) is 0.738. The Balaban J connectivity index is 1.59. The SMILES string of the molecule is c1ccc(-c2nnc(CNCc3ncon3)o2)cc1. The van der Waals surface area contributed by atoms with Crippen LogP contribution in [0.5, 0.6) is 0 Å². The molecule has 2 heterocycles. The second kappa shape index (κ2) is 5.40. The van der Waals surface area contributed by atoms with E-state index in [1.807, 2.05) is 30.3 Å². The summed E-state index contributed by atoms with van der Waals surface area (Å²) in [6.07, 6.45) is 1.29. The summed E-state index contributed by atoms with van der Waals surface area (Å²) in [5.74, 6) is 1.61.